The van der Waals surface area contributed by atoms with Crippen LogP contribution in [-0.2, 0) is 4.74 Å². The van der Waals surface area contributed by atoms with E-state index >= 15 is 0 Å². The summed E-state index contributed by atoms with van der Waals surface area (Å²) in [5.74, 6) is 1.79. The van der Waals surface area contributed by atoms with Gasteiger partial charge in [-0.05, 0) is 24.8 Å². The Kier molecular flexibility index (Phi) is 3.96. The summed E-state index contributed by atoms with van der Waals surface area (Å²) < 4.78 is 6.96. The van der Waals surface area contributed by atoms with Gasteiger partial charge in [0.2, 0.25) is 11.9 Å². The summed E-state index contributed by atoms with van der Waals surface area (Å²) in [6, 6.07) is 1.81. The van der Waals surface area contributed by atoms with Crippen LogP contribution < -0.4 is 10.6 Å². The normalized spacial score (nSPS) is 16.0. The molecule has 8 nitrogen and oxygen atoms in total. The minimum atomic E-state index is 0.198. The molecular formula is C13H19N7O. The van der Waals surface area contributed by atoms with Crippen LogP contribution in [0.4, 0.5) is 11.9 Å². The molecule has 0 unspecified atom stereocenters. The molecule has 1 aliphatic heterocycles. The zero-order chi connectivity index (χ0) is 14.7. The van der Waals surface area contributed by atoms with Gasteiger partial charge in [-0.25, -0.2) is 4.68 Å². The minimum Gasteiger partial charge on any atom is -0.381 e. The molecule has 0 aromatic carbocycles. The molecule has 1 fully saturated rings. The van der Waals surface area contributed by atoms with E-state index in [0.717, 1.165) is 32.6 Å². The predicted octanol–water partition coefficient (Wildman–Crippen LogP) is 0.502. The smallest absolute Gasteiger partial charge is 0.257 e. The Morgan fingerprint density at radius 3 is 2.86 bits per heavy atom. The zero-order valence-corrected chi connectivity index (χ0v) is 12.0. The average Bonchev–Trinajstić information content (AvgIpc) is 3.02. The van der Waals surface area contributed by atoms with Gasteiger partial charge in [0.15, 0.2) is 0 Å². The molecule has 3 heterocycles. The maximum Gasteiger partial charge on any atom is 0.257 e. The van der Waals surface area contributed by atoms with Crippen LogP contribution in [0, 0.1) is 5.92 Å². The molecule has 0 radical (unpaired) electrons. The lowest BCUT2D eigenvalue weighted by Gasteiger charge is -2.27. The van der Waals surface area contributed by atoms with Gasteiger partial charge < -0.3 is 15.4 Å². The second-order valence-corrected chi connectivity index (χ2v) is 5.18. The molecule has 0 amide bonds. The number of nitrogens with zero attached hydrogens (tertiary/aromatic N) is 6. The molecule has 0 atom stereocenters. The van der Waals surface area contributed by atoms with Crippen molar-refractivity contribution in [2.75, 3.05) is 37.4 Å². The van der Waals surface area contributed by atoms with Crippen LogP contribution in [0.5, 0.6) is 0 Å². The zero-order valence-electron chi connectivity index (χ0n) is 12.0. The fraction of sp³-hybridized carbons (Fsp3) is 0.538. The van der Waals surface area contributed by atoms with E-state index in [-0.39, 0.29) is 5.95 Å². The lowest BCUT2D eigenvalue weighted by molar-refractivity contribution is 0.0684. The SMILES string of the molecule is CN(CC1CCOCC1)c1nc(N)nc(-n2cccn2)n1. The highest BCUT2D eigenvalue weighted by molar-refractivity contribution is 5.36. The number of hydrogen-bond acceptors (Lipinski definition) is 7. The van der Waals surface area contributed by atoms with Crippen molar-refractivity contribution >= 4 is 11.9 Å². The quantitative estimate of drug-likeness (QED) is 0.875. The lowest BCUT2D eigenvalue weighted by Crippen LogP contribution is -2.31. The van der Waals surface area contributed by atoms with Crippen LogP contribution in [0.15, 0.2) is 18.5 Å². The van der Waals surface area contributed by atoms with Crippen LogP contribution in [0.25, 0.3) is 5.95 Å². The van der Waals surface area contributed by atoms with E-state index in [0.29, 0.717) is 17.8 Å². The summed E-state index contributed by atoms with van der Waals surface area (Å²) in [7, 11) is 1.97. The molecule has 0 aliphatic carbocycles. The lowest BCUT2D eigenvalue weighted by atomic mass is 10.0. The van der Waals surface area contributed by atoms with Gasteiger partial charge in [-0.1, -0.05) is 0 Å². The minimum absolute atomic E-state index is 0.198. The fourth-order valence-corrected chi connectivity index (χ4v) is 2.43. The average molecular weight is 289 g/mol. The van der Waals surface area contributed by atoms with Crippen molar-refractivity contribution in [3.63, 3.8) is 0 Å². The Hall–Kier alpha value is -2.22. The highest BCUT2D eigenvalue weighted by Crippen LogP contribution is 2.18. The number of hydrogen-bond donors (Lipinski definition) is 1. The molecule has 1 saturated heterocycles. The van der Waals surface area contributed by atoms with E-state index < -0.39 is 0 Å². The molecule has 21 heavy (non-hydrogen) atoms. The number of aromatic nitrogens is 5. The van der Waals surface area contributed by atoms with Gasteiger partial charge in [-0.2, -0.15) is 20.1 Å². The molecule has 2 aromatic rings. The van der Waals surface area contributed by atoms with E-state index in [2.05, 4.69) is 20.1 Å². The molecule has 2 aromatic heterocycles. The van der Waals surface area contributed by atoms with Gasteiger partial charge >= 0.3 is 0 Å². The summed E-state index contributed by atoms with van der Waals surface area (Å²) >= 11 is 0. The Labute approximate surface area is 123 Å². The molecule has 8 heteroatoms. The third kappa shape index (κ3) is 3.27. The second kappa shape index (κ2) is 6.04. The Balaban J connectivity index is 1.77. The number of nitrogen functional groups attached to an aromatic ring is 1. The maximum atomic E-state index is 5.79. The Morgan fingerprint density at radius 2 is 2.14 bits per heavy atom. The van der Waals surface area contributed by atoms with Crippen LogP contribution in [-0.4, -0.2) is 51.5 Å². The van der Waals surface area contributed by atoms with E-state index in [1.807, 2.05) is 18.0 Å². The third-order valence-corrected chi connectivity index (χ3v) is 3.55. The molecule has 3 rings (SSSR count). The third-order valence-electron chi connectivity index (χ3n) is 3.55. The molecular weight excluding hydrogens is 270 g/mol. The summed E-state index contributed by atoms with van der Waals surface area (Å²) in [5.41, 5.74) is 5.79. The van der Waals surface area contributed by atoms with Gasteiger partial charge in [-0.3, -0.25) is 0 Å². The molecule has 2 N–H and O–H groups in total. The van der Waals surface area contributed by atoms with Crippen LogP contribution in [0.3, 0.4) is 0 Å². The topological polar surface area (TPSA) is 95.0 Å². The van der Waals surface area contributed by atoms with Crippen LogP contribution in [0.2, 0.25) is 0 Å². The van der Waals surface area contributed by atoms with E-state index in [9.17, 15) is 0 Å². The standard InChI is InChI=1S/C13H19N7O/c1-19(9-10-3-7-21-8-4-10)12-16-11(14)17-13(18-12)20-6-2-5-15-20/h2,5-6,10H,3-4,7-9H2,1H3,(H2,14,16,17,18). The van der Waals surface area contributed by atoms with Crippen molar-refractivity contribution in [2.24, 2.45) is 5.92 Å². The monoisotopic (exact) mass is 289 g/mol. The van der Waals surface area contributed by atoms with Gasteiger partial charge in [-0.15, -0.1) is 0 Å². The highest BCUT2D eigenvalue weighted by Gasteiger charge is 2.18. The fourth-order valence-electron chi connectivity index (χ4n) is 2.43. The number of rotatable bonds is 4. The second-order valence-electron chi connectivity index (χ2n) is 5.18. The van der Waals surface area contributed by atoms with Crippen molar-refractivity contribution in [3.8, 4) is 5.95 Å². The summed E-state index contributed by atoms with van der Waals surface area (Å²) in [6.07, 6.45) is 5.58. The first kappa shape index (κ1) is 13.7. The van der Waals surface area contributed by atoms with Crippen molar-refractivity contribution in [3.05, 3.63) is 18.5 Å². The first-order chi connectivity index (χ1) is 10.2. The summed E-state index contributed by atoms with van der Waals surface area (Å²) in [5, 5.41) is 4.12. The predicted molar refractivity (Wildman–Crippen MR) is 78.2 cm³/mol. The number of ether oxygens (including phenoxy) is 1. The van der Waals surface area contributed by atoms with Crippen LogP contribution in [0.1, 0.15) is 12.8 Å². The van der Waals surface area contributed by atoms with Gasteiger partial charge in [0, 0.05) is 39.2 Å². The van der Waals surface area contributed by atoms with Crippen molar-refractivity contribution < 1.29 is 4.74 Å². The molecule has 1 aliphatic rings. The molecule has 0 spiro atoms. The molecule has 112 valence electrons. The maximum absolute atomic E-state index is 5.79. The van der Waals surface area contributed by atoms with Crippen molar-refractivity contribution in [1.29, 1.82) is 0 Å². The van der Waals surface area contributed by atoms with Gasteiger partial charge in [0.1, 0.15) is 0 Å². The van der Waals surface area contributed by atoms with Crippen molar-refractivity contribution in [1.82, 2.24) is 24.7 Å². The van der Waals surface area contributed by atoms with E-state index in [4.69, 9.17) is 10.5 Å². The Bertz CT molecular complexity index is 580. The van der Waals surface area contributed by atoms with Gasteiger partial charge in [0.05, 0.1) is 0 Å². The summed E-state index contributed by atoms with van der Waals surface area (Å²) in [4.78, 5) is 14.8. The largest absolute Gasteiger partial charge is 0.381 e. The van der Waals surface area contributed by atoms with E-state index in [1.165, 1.54) is 0 Å². The summed E-state index contributed by atoms with van der Waals surface area (Å²) in [6.45, 7) is 2.54. The van der Waals surface area contributed by atoms with E-state index in [1.54, 1.807) is 17.1 Å². The highest BCUT2D eigenvalue weighted by atomic mass is 16.5. The number of anilines is 2. The van der Waals surface area contributed by atoms with Gasteiger partial charge in [0.25, 0.3) is 5.95 Å². The van der Waals surface area contributed by atoms with Crippen molar-refractivity contribution in [2.45, 2.75) is 12.8 Å². The first-order valence-electron chi connectivity index (χ1n) is 7.03. The molecule has 0 bridgehead atoms. The first-order valence-corrected chi connectivity index (χ1v) is 7.03. The number of nitrogens with two attached hydrogens (primary N) is 1. The van der Waals surface area contributed by atoms with Crippen LogP contribution >= 0.6 is 0 Å². The molecule has 0 saturated carbocycles. The Morgan fingerprint density at radius 1 is 1.33 bits per heavy atom.